The van der Waals surface area contributed by atoms with Gasteiger partial charge in [0.05, 0.1) is 12.6 Å². The maximum atomic E-state index is 12.7. The Morgan fingerprint density at radius 3 is 2.65 bits per heavy atom. The maximum Gasteiger partial charge on any atom is 0.332 e. The van der Waals surface area contributed by atoms with Crippen LogP contribution in [0.3, 0.4) is 0 Å². The molecule has 2 heterocycles. The second kappa shape index (κ2) is 6.97. The lowest BCUT2D eigenvalue weighted by Crippen LogP contribution is -2.37. The predicted molar refractivity (Wildman–Crippen MR) is 101 cm³/mol. The summed E-state index contributed by atoms with van der Waals surface area (Å²) in [7, 11) is 3.00. The Labute approximate surface area is 154 Å². The van der Waals surface area contributed by atoms with Crippen LogP contribution in [0.5, 0.6) is 0 Å². The van der Waals surface area contributed by atoms with Crippen molar-refractivity contribution >= 4 is 28.7 Å². The molecular weight excluding hydrogens is 358 g/mol. The van der Waals surface area contributed by atoms with Crippen molar-refractivity contribution in [1.82, 2.24) is 18.7 Å². The van der Waals surface area contributed by atoms with E-state index in [2.05, 4.69) is 10.3 Å². The van der Waals surface area contributed by atoms with E-state index >= 15 is 0 Å². The molecule has 0 saturated carbocycles. The number of imidazole rings is 1. The Hall–Kier alpha value is -2.58. The third kappa shape index (κ3) is 3.25. The topological polar surface area (TPSA) is 94.1 Å². The summed E-state index contributed by atoms with van der Waals surface area (Å²) in [6, 6.07) is 7.29. The molecule has 1 aromatic carbocycles. The molecule has 0 amide bonds. The number of aromatic nitrogens is 4. The van der Waals surface area contributed by atoms with Gasteiger partial charge in [-0.15, -0.1) is 0 Å². The second-order valence-corrected chi connectivity index (χ2v) is 6.70. The summed E-state index contributed by atoms with van der Waals surface area (Å²) >= 11 is 6.06. The third-order valence-electron chi connectivity index (χ3n) is 4.13. The van der Waals surface area contributed by atoms with Gasteiger partial charge in [0, 0.05) is 25.7 Å². The summed E-state index contributed by atoms with van der Waals surface area (Å²) in [6.45, 7) is 2.24. The summed E-state index contributed by atoms with van der Waals surface area (Å²) in [5.41, 5.74) is 0.600. The largest absolute Gasteiger partial charge is 0.392 e. The van der Waals surface area contributed by atoms with Gasteiger partial charge in [-0.3, -0.25) is 18.5 Å². The van der Waals surface area contributed by atoms with Gasteiger partial charge in [-0.25, -0.2) is 4.79 Å². The van der Waals surface area contributed by atoms with Crippen LogP contribution >= 0.6 is 11.6 Å². The first-order valence-corrected chi connectivity index (χ1v) is 8.50. The number of aliphatic hydroxyl groups excluding tert-OH is 1. The van der Waals surface area contributed by atoms with Crippen LogP contribution in [0.25, 0.3) is 11.2 Å². The molecule has 2 aromatic heterocycles. The van der Waals surface area contributed by atoms with Gasteiger partial charge < -0.3 is 10.4 Å². The number of aliphatic hydroxyl groups is 1. The Kier molecular flexibility index (Phi) is 4.88. The SMILES string of the molecule is C[C@@H](O)CNc1nc2c(c(=O)n(C)c(=O)n2C)n1Cc1cccc(Cl)c1. The number of anilines is 1. The Balaban J connectivity index is 2.24. The van der Waals surface area contributed by atoms with Crippen molar-refractivity contribution in [2.45, 2.75) is 19.6 Å². The molecule has 0 radical (unpaired) electrons. The number of hydrogen-bond acceptors (Lipinski definition) is 5. The van der Waals surface area contributed by atoms with Gasteiger partial charge in [-0.05, 0) is 24.6 Å². The summed E-state index contributed by atoms with van der Waals surface area (Å²) < 4.78 is 4.08. The van der Waals surface area contributed by atoms with Crippen molar-refractivity contribution in [2.75, 3.05) is 11.9 Å². The van der Waals surface area contributed by atoms with E-state index in [-0.39, 0.29) is 12.2 Å². The van der Waals surface area contributed by atoms with Crippen molar-refractivity contribution in [3.05, 3.63) is 55.7 Å². The molecule has 0 aliphatic carbocycles. The molecule has 26 heavy (non-hydrogen) atoms. The molecule has 8 nitrogen and oxygen atoms in total. The van der Waals surface area contributed by atoms with Crippen molar-refractivity contribution in [3.63, 3.8) is 0 Å². The van der Waals surface area contributed by atoms with Crippen LogP contribution in [0.4, 0.5) is 5.95 Å². The van der Waals surface area contributed by atoms with E-state index in [1.165, 1.54) is 11.6 Å². The lowest BCUT2D eigenvalue weighted by molar-refractivity contribution is 0.208. The lowest BCUT2D eigenvalue weighted by atomic mass is 10.2. The molecule has 0 fully saturated rings. The lowest BCUT2D eigenvalue weighted by Gasteiger charge is -2.12. The van der Waals surface area contributed by atoms with E-state index in [0.29, 0.717) is 23.0 Å². The zero-order valence-corrected chi connectivity index (χ0v) is 15.5. The van der Waals surface area contributed by atoms with Crippen molar-refractivity contribution in [2.24, 2.45) is 14.1 Å². The number of nitrogens with one attached hydrogen (secondary N) is 1. The number of fused-ring (bicyclic) bond motifs is 1. The number of benzene rings is 1. The van der Waals surface area contributed by atoms with E-state index in [4.69, 9.17) is 11.6 Å². The molecule has 0 saturated heterocycles. The minimum Gasteiger partial charge on any atom is -0.392 e. The van der Waals surface area contributed by atoms with Gasteiger partial charge in [0.25, 0.3) is 5.56 Å². The van der Waals surface area contributed by atoms with E-state index in [1.54, 1.807) is 30.7 Å². The highest BCUT2D eigenvalue weighted by atomic mass is 35.5. The zero-order chi connectivity index (χ0) is 19.0. The van der Waals surface area contributed by atoms with Crippen LogP contribution < -0.4 is 16.6 Å². The molecule has 0 unspecified atom stereocenters. The minimum atomic E-state index is -0.596. The van der Waals surface area contributed by atoms with Gasteiger partial charge in [-0.1, -0.05) is 23.7 Å². The fourth-order valence-corrected chi connectivity index (χ4v) is 3.01. The average Bonchev–Trinajstić information content (AvgIpc) is 2.95. The quantitative estimate of drug-likeness (QED) is 0.689. The van der Waals surface area contributed by atoms with E-state index < -0.39 is 17.4 Å². The molecule has 138 valence electrons. The number of rotatable bonds is 5. The monoisotopic (exact) mass is 377 g/mol. The van der Waals surface area contributed by atoms with Crippen molar-refractivity contribution in [1.29, 1.82) is 0 Å². The smallest absolute Gasteiger partial charge is 0.332 e. The third-order valence-corrected chi connectivity index (χ3v) is 4.37. The van der Waals surface area contributed by atoms with Crippen LogP contribution in [-0.4, -0.2) is 36.4 Å². The Morgan fingerprint density at radius 1 is 1.27 bits per heavy atom. The highest BCUT2D eigenvalue weighted by Crippen LogP contribution is 2.19. The number of nitrogens with zero attached hydrogens (tertiary/aromatic N) is 4. The van der Waals surface area contributed by atoms with Crippen molar-refractivity contribution < 1.29 is 5.11 Å². The van der Waals surface area contributed by atoms with Crippen molar-refractivity contribution in [3.8, 4) is 0 Å². The number of halogens is 1. The summed E-state index contributed by atoms with van der Waals surface area (Å²) in [6.07, 6.45) is -0.596. The first-order valence-electron chi connectivity index (χ1n) is 8.12. The highest BCUT2D eigenvalue weighted by molar-refractivity contribution is 6.30. The van der Waals surface area contributed by atoms with Crippen LogP contribution in [-0.2, 0) is 20.6 Å². The Morgan fingerprint density at radius 2 is 2.00 bits per heavy atom. The van der Waals surface area contributed by atoms with Gasteiger partial charge in [0.1, 0.15) is 0 Å². The van der Waals surface area contributed by atoms with E-state index in [1.807, 2.05) is 12.1 Å². The molecule has 1 atom stereocenters. The molecule has 3 aromatic rings. The van der Waals surface area contributed by atoms with Crippen LogP contribution in [0.2, 0.25) is 5.02 Å². The van der Waals surface area contributed by atoms with E-state index in [0.717, 1.165) is 10.1 Å². The molecule has 3 rings (SSSR count). The molecular formula is C17H20ClN5O3. The molecule has 0 aliphatic rings. The first kappa shape index (κ1) is 18.2. The highest BCUT2D eigenvalue weighted by Gasteiger charge is 2.19. The average molecular weight is 378 g/mol. The van der Waals surface area contributed by atoms with Gasteiger partial charge >= 0.3 is 5.69 Å². The molecule has 9 heteroatoms. The van der Waals surface area contributed by atoms with E-state index in [9.17, 15) is 14.7 Å². The normalized spacial score (nSPS) is 12.5. The van der Waals surface area contributed by atoms with Gasteiger partial charge in [-0.2, -0.15) is 4.98 Å². The van der Waals surface area contributed by atoms with Gasteiger partial charge in [0.15, 0.2) is 11.2 Å². The summed E-state index contributed by atoms with van der Waals surface area (Å²) in [5.74, 6) is 0.402. The van der Waals surface area contributed by atoms with Crippen LogP contribution in [0.1, 0.15) is 12.5 Å². The number of hydrogen-bond donors (Lipinski definition) is 2. The standard InChI is InChI=1S/C17H20ClN5O3/c1-10(24)8-19-16-20-14-13(15(25)22(3)17(26)21(14)2)23(16)9-11-5-4-6-12(18)7-11/h4-7,10,24H,8-9H2,1-3H3,(H,19,20)/t10-/m1/s1. The predicted octanol–water partition coefficient (Wildman–Crippen LogP) is 0.928. The molecule has 0 spiro atoms. The number of aryl methyl sites for hydroxylation is 1. The Bertz CT molecular complexity index is 1080. The maximum absolute atomic E-state index is 12.7. The molecule has 0 aliphatic heterocycles. The fourth-order valence-electron chi connectivity index (χ4n) is 2.79. The summed E-state index contributed by atoms with van der Waals surface area (Å²) in [4.78, 5) is 29.3. The molecule has 0 bridgehead atoms. The minimum absolute atomic E-state index is 0.257. The first-order chi connectivity index (χ1) is 12.3. The molecule has 2 N–H and O–H groups in total. The second-order valence-electron chi connectivity index (χ2n) is 6.26. The summed E-state index contributed by atoms with van der Waals surface area (Å²) in [5, 5.41) is 13.2. The fraction of sp³-hybridized carbons (Fsp3) is 0.353. The van der Waals surface area contributed by atoms with Gasteiger partial charge in [0.2, 0.25) is 5.95 Å². The van der Waals surface area contributed by atoms with Crippen LogP contribution in [0, 0.1) is 0 Å². The zero-order valence-electron chi connectivity index (χ0n) is 14.7. The van der Waals surface area contributed by atoms with Crippen LogP contribution in [0.15, 0.2) is 33.9 Å².